The van der Waals surface area contributed by atoms with E-state index in [1.807, 2.05) is 20.8 Å². The van der Waals surface area contributed by atoms with Gasteiger partial charge in [-0.05, 0) is 24.0 Å². The van der Waals surface area contributed by atoms with Crippen molar-refractivity contribution >= 4 is 17.6 Å². The topological polar surface area (TPSA) is 92.4 Å². The monoisotopic (exact) mass is 278 g/mol. The van der Waals surface area contributed by atoms with Gasteiger partial charge in [0.05, 0.1) is 11.3 Å². The maximum atomic E-state index is 12.0. The van der Waals surface area contributed by atoms with Gasteiger partial charge in [0, 0.05) is 12.5 Å². The molecule has 110 valence electrons. The summed E-state index contributed by atoms with van der Waals surface area (Å²) in [6.07, 6.45) is 0.149. The first-order valence-electron chi connectivity index (χ1n) is 6.51. The molecule has 5 heteroatoms. The van der Waals surface area contributed by atoms with Gasteiger partial charge < -0.3 is 16.2 Å². The Labute approximate surface area is 119 Å². The highest BCUT2D eigenvalue weighted by atomic mass is 16.4. The van der Waals surface area contributed by atoms with Crippen LogP contribution >= 0.6 is 0 Å². The molecular formula is C15H22N2O3. The minimum atomic E-state index is -1.06. The smallest absolute Gasteiger partial charge is 0.338 e. The number of aromatic carboxylic acids is 1. The number of nitrogens with one attached hydrogen (secondary N) is 1. The minimum Gasteiger partial charge on any atom is -0.478 e. The number of benzene rings is 1. The van der Waals surface area contributed by atoms with Crippen LogP contribution in [-0.4, -0.2) is 23.0 Å². The summed E-state index contributed by atoms with van der Waals surface area (Å²) in [5.41, 5.74) is 6.81. The van der Waals surface area contributed by atoms with Crippen molar-refractivity contribution in [2.75, 3.05) is 5.32 Å². The van der Waals surface area contributed by atoms with Crippen molar-refractivity contribution in [3.05, 3.63) is 29.3 Å². The molecule has 0 spiro atoms. The third kappa shape index (κ3) is 4.06. The number of hydrogen-bond donors (Lipinski definition) is 3. The maximum Gasteiger partial charge on any atom is 0.338 e. The molecule has 1 unspecified atom stereocenters. The molecule has 0 bridgehead atoms. The van der Waals surface area contributed by atoms with Gasteiger partial charge in [-0.1, -0.05) is 32.9 Å². The number of carbonyl (C=O) groups is 2. The number of rotatable bonds is 4. The molecule has 4 N–H and O–H groups in total. The van der Waals surface area contributed by atoms with Gasteiger partial charge in [0.1, 0.15) is 0 Å². The molecule has 1 aromatic rings. The second kappa shape index (κ2) is 6.05. The fraction of sp³-hybridized carbons (Fsp3) is 0.467. The molecule has 1 amide bonds. The lowest BCUT2D eigenvalue weighted by molar-refractivity contribution is -0.117. The lowest BCUT2D eigenvalue weighted by Crippen LogP contribution is -2.38. The fourth-order valence-electron chi connectivity index (χ4n) is 1.76. The van der Waals surface area contributed by atoms with Crippen molar-refractivity contribution in [1.82, 2.24) is 0 Å². The van der Waals surface area contributed by atoms with Crippen LogP contribution in [0.25, 0.3) is 0 Å². The molecule has 0 saturated carbocycles. The summed E-state index contributed by atoms with van der Waals surface area (Å²) in [7, 11) is 0. The molecule has 0 radical (unpaired) electrons. The predicted molar refractivity (Wildman–Crippen MR) is 78.8 cm³/mol. The third-order valence-electron chi connectivity index (χ3n) is 3.28. The Morgan fingerprint density at radius 2 is 1.95 bits per heavy atom. The molecule has 0 aliphatic rings. The Morgan fingerprint density at radius 1 is 1.35 bits per heavy atom. The maximum absolute atomic E-state index is 12.0. The average Bonchev–Trinajstić information content (AvgIpc) is 2.26. The SMILES string of the molecule is Cc1cccc(NC(=O)CC(N)C(C)(C)C)c1C(=O)O. The van der Waals surface area contributed by atoms with E-state index in [9.17, 15) is 14.7 Å². The number of aryl methyl sites for hydroxylation is 1. The standard InChI is InChI=1S/C15H22N2O3/c1-9-6-5-7-10(13(9)14(19)20)17-12(18)8-11(16)15(2,3)4/h5-7,11H,8,16H2,1-4H3,(H,17,18)(H,19,20). The molecule has 1 rings (SSSR count). The number of carboxylic acids is 1. The molecule has 0 fully saturated rings. The molecule has 0 aliphatic carbocycles. The van der Waals surface area contributed by atoms with Crippen LogP contribution in [0, 0.1) is 12.3 Å². The zero-order valence-electron chi connectivity index (χ0n) is 12.4. The van der Waals surface area contributed by atoms with Crippen molar-refractivity contribution in [2.45, 2.75) is 40.2 Å². The van der Waals surface area contributed by atoms with Crippen LogP contribution in [0.3, 0.4) is 0 Å². The first-order valence-corrected chi connectivity index (χ1v) is 6.51. The van der Waals surface area contributed by atoms with Crippen molar-refractivity contribution < 1.29 is 14.7 Å². The largest absolute Gasteiger partial charge is 0.478 e. The van der Waals surface area contributed by atoms with Crippen molar-refractivity contribution in [2.24, 2.45) is 11.1 Å². The zero-order chi connectivity index (χ0) is 15.5. The predicted octanol–water partition coefficient (Wildman–Crippen LogP) is 2.40. The summed E-state index contributed by atoms with van der Waals surface area (Å²) in [5, 5.41) is 11.8. The normalized spacial score (nSPS) is 12.8. The van der Waals surface area contributed by atoms with Gasteiger partial charge in [-0.25, -0.2) is 4.79 Å². The Kier molecular flexibility index (Phi) is 4.89. The lowest BCUT2D eigenvalue weighted by atomic mass is 9.85. The molecule has 0 aromatic heterocycles. The van der Waals surface area contributed by atoms with E-state index < -0.39 is 5.97 Å². The van der Waals surface area contributed by atoms with Crippen LogP contribution in [0.2, 0.25) is 0 Å². The van der Waals surface area contributed by atoms with E-state index >= 15 is 0 Å². The van der Waals surface area contributed by atoms with Gasteiger partial charge in [0.15, 0.2) is 0 Å². The van der Waals surface area contributed by atoms with Crippen LogP contribution in [0.15, 0.2) is 18.2 Å². The zero-order valence-corrected chi connectivity index (χ0v) is 12.4. The third-order valence-corrected chi connectivity index (χ3v) is 3.28. The Bertz CT molecular complexity index is 518. The van der Waals surface area contributed by atoms with Gasteiger partial charge in [-0.2, -0.15) is 0 Å². The van der Waals surface area contributed by atoms with Crippen LogP contribution in [0.1, 0.15) is 43.1 Å². The summed E-state index contributed by atoms with van der Waals surface area (Å²) in [6.45, 7) is 7.57. The highest BCUT2D eigenvalue weighted by molar-refractivity contribution is 6.01. The van der Waals surface area contributed by atoms with Gasteiger partial charge >= 0.3 is 5.97 Å². The van der Waals surface area contributed by atoms with E-state index in [1.165, 1.54) is 0 Å². The van der Waals surface area contributed by atoms with Crippen LogP contribution in [0.5, 0.6) is 0 Å². The average molecular weight is 278 g/mol. The van der Waals surface area contributed by atoms with Gasteiger partial charge in [-0.15, -0.1) is 0 Å². The summed E-state index contributed by atoms with van der Waals surface area (Å²) in [6, 6.07) is 4.69. The van der Waals surface area contributed by atoms with Crippen molar-refractivity contribution in [3.63, 3.8) is 0 Å². The molecule has 1 aromatic carbocycles. The first kappa shape index (κ1) is 16.2. The highest BCUT2D eigenvalue weighted by Gasteiger charge is 2.24. The highest BCUT2D eigenvalue weighted by Crippen LogP contribution is 2.22. The second-order valence-corrected chi connectivity index (χ2v) is 6.03. The van der Waals surface area contributed by atoms with Gasteiger partial charge in [0.2, 0.25) is 5.91 Å². The number of nitrogens with two attached hydrogens (primary N) is 1. The number of anilines is 1. The number of hydrogen-bond acceptors (Lipinski definition) is 3. The Morgan fingerprint density at radius 3 is 2.45 bits per heavy atom. The van der Waals surface area contributed by atoms with Crippen LogP contribution in [-0.2, 0) is 4.79 Å². The first-order chi connectivity index (χ1) is 9.12. The summed E-state index contributed by atoms with van der Waals surface area (Å²) in [4.78, 5) is 23.2. The van der Waals surface area contributed by atoms with E-state index in [0.29, 0.717) is 11.3 Å². The van der Waals surface area contributed by atoms with Crippen LogP contribution < -0.4 is 11.1 Å². The summed E-state index contributed by atoms with van der Waals surface area (Å²) in [5.74, 6) is -1.33. The van der Waals surface area contributed by atoms with E-state index in [-0.39, 0.29) is 29.3 Å². The molecular weight excluding hydrogens is 256 g/mol. The Balaban J connectivity index is 2.87. The quantitative estimate of drug-likeness (QED) is 0.788. The molecule has 20 heavy (non-hydrogen) atoms. The molecule has 5 nitrogen and oxygen atoms in total. The molecule has 0 saturated heterocycles. The van der Waals surface area contributed by atoms with Crippen LogP contribution in [0.4, 0.5) is 5.69 Å². The second-order valence-electron chi connectivity index (χ2n) is 6.03. The minimum absolute atomic E-state index is 0.116. The molecule has 0 heterocycles. The van der Waals surface area contributed by atoms with E-state index in [2.05, 4.69) is 5.32 Å². The number of carbonyl (C=O) groups excluding carboxylic acids is 1. The van der Waals surface area contributed by atoms with Crippen molar-refractivity contribution in [3.8, 4) is 0 Å². The number of amides is 1. The van der Waals surface area contributed by atoms with E-state index in [1.54, 1.807) is 25.1 Å². The van der Waals surface area contributed by atoms with Gasteiger partial charge in [0.25, 0.3) is 0 Å². The van der Waals surface area contributed by atoms with E-state index in [4.69, 9.17) is 5.73 Å². The van der Waals surface area contributed by atoms with Crippen molar-refractivity contribution in [1.29, 1.82) is 0 Å². The summed E-state index contributed by atoms with van der Waals surface area (Å²) >= 11 is 0. The molecule has 0 aliphatic heterocycles. The summed E-state index contributed by atoms with van der Waals surface area (Å²) < 4.78 is 0. The molecule has 1 atom stereocenters. The van der Waals surface area contributed by atoms with Gasteiger partial charge in [-0.3, -0.25) is 4.79 Å². The fourth-order valence-corrected chi connectivity index (χ4v) is 1.76. The number of carboxylic acid groups (broad SMARTS) is 1. The Hall–Kier alpha value is -1.88. The van der Waals surface area contributed by atoms with E-state index in [0.717, 1.165) is 0 Å². The lowest BCUT2D eigenvalue weighted by Gasteiger charge is -2.26.